The van der Waals surface area contributed by atoms with Gasteiger partial charge in [0.25, 0.3) is 5.91 Å². The second kappa shape index (κ2) is 7.37. The summed E-state index contributed by atoms with van der Waals surface area (Å²) in [6.45, 7) is 1.62. The number of hydrogen-bond donors (Lipinski definition) is 4. The Balaban J connectivity index is 1.35. The minimum Gasteiger partial charge on any atom is -0.508 e. The number of ether oxygens (including phenoxy) is 1. The number of aliphatic hydroxyl groups excluding tert-OH is 1. The summed E-state index contributed by atoms with van der Waals surface area (Å²) < 4.78 is 19.7. The maximum Gasteiger partial charge on any atom is 0.255 e. The Morgan fingerprint density at radius 1 is 1.25 bits per heavy atom. The van der Waals surface area contributed by atoms with Crippen molar-refractivity contribution in [1.82, 2.24) is 4.90 Å². The number of likely N-dealkylation sites (tertiary alicyclic amines) is 1. The van der Waals surface area contributed by atoms with Gasteiger partial charge >= 0.3 is 0 Å². The summed E-state index contributed by atoms with van der Waals surface area (Å²) in [5.41, 5.74) is -0.412. The van der Waals surface area contributed by atoms with Gasteiger partial charge in [-0.1, -0.05) is 17.7 Å². The third-order valence-corrected chi connectivity index (χ3v) is 9.28. The van der Waals surface area contributed by atoms with Gasteiger partial charge in [0.15, 0.2) is 17.6 Å². The quantitative estimate of drug-likeness (QED) is 0.497. The molecule has 2 fully saturated rings. The second-order valence-electron chi connectivity index (χ2n) is 10.9. The fraction of sp³-hybridized carbons (Fsp3) is 0.444. The van der Waals surface area contributed by atoms with Gasteiger partial charge < -0.3 is 25.4 Å². The highest BCUT2D eigenvalue weighted by Gasteiger charge is 2.73. The van der Waals surface area contributed by atoms with Crippen molar-refractivity contribution in [2.45, 2.75) is 55.3 Å². The number of piperidine rings is 1. The van der Waals surface area contributed by atoms with Crippen LogP contribution in [0, 0.1) is 11.7 Å². The molecule has 36 heavy (non-hydrogen) atoms. The fourth-order valence-electron chi connectivity index (χ4n) is 7.16. The van der Waals surface area contributed by atoms with E-state index in [2.05, 4.69) is 10.2 Å². The number of aromatic hydroxyl groups is 1. The van der Waals surface area contributed by atoms with Crippen molar-refractivity contribution < 1.29 is 29.2 Å². The average molecular weight is 513 g/mol. The molecule has 7 rings (SSSR count). The smallest absolute Gasteiger partial charge is 0.255 e. The molecule has 7 nitrogen and oxygen atoms in total. The van der Waals surface area contributed by atoms with E-state index in [-0.39, 0.29) is 46.0 Å². The van der Waals surface area contributed by atoms with E-state index in [9.17, 15) is 24.5 Å². The molecule has 2 bridgehead atoms. The normalized spacial score (nSPS) is 32.2. The molecule has 188 valence electrons. The maximum absolute atomic E-state index is 13.5. The summed E-state index contributed by atoms with van der Waals surface area (Å²) in [6.07, 6.45) is 2.37. The molecule has 0 radical (unpaired) electrons. The first-order valence-electron chi connectivity index (χ1n) is 12.4. The van der Waals surface area contributed by atoms with Crippen LogP contribution in [0.15, 0.2) is 41.7 Å². The van der Waals surface area contributed by atoms with Crippen molar-refractivity contribution in [3.05, 3.63) is 63.6 Å². The summed E-state index contributed by atoms with van der Waals surface area (Å²) in [4.78, 5) is 15.8. The van der Waals surface area contributed by atoms with Crippen LogP contribution in [0.25, 0.3) is 0 Å². The number of anilines is 1. The van der Waals surface area contributed by atoms with Gasteiger partial charge in [0.2, 0.25) is 0 Å². The number of rotatable bonds is 4. The molecule has 0 aromatic heterocycles. The molecule has 3 aliphatic carbocycles. The number of nitrogens with zero attached hydrogens (tertiary/aromatic N) is 1. The molecule has 1 spiro atoms. The van der Waals surface area contributed by atoms with Gasteiger partial charge in [-0.15, -0.1) is 0 Å². The highest BCUT2D eigenvalue weighted by molar-refractivity contribution is 6.33. The van der Waals surface area contributed by atoms with E-state index in [4.69, 9.17) is 16.3 Å². The Morgan fingerprint density at radius 3 is 2.81 bits per heavy atom. The Morgan fingerprint density at radius 2 is 2.06 bits per heavy atom. The number of phenols is 1. The summed E-state index contributed by atoms with van der Waals surface area (Å²) in [6, 6.07) is 6.84. The third kappa shape index (κ3) is 2.83. The van der Waals surface area contributed by atoms with Crippen molar-refractivity contribution in [2.75, 3.05) is 18.4 Å². The molecule has 4 atom stereocenters. The van der Waals surface area contributed by atoms with Gasteiger partial charge in [0.05, 0.1) is 27.3 Å². The Bertz CT molecular complexity index is 1360. The van der Waals surface area contributed by atoms with Gasteiger partial charge in [-0.3, -0.25) is 9.69 Å². The first-order valence-corrected chi connectivity index (χ1v) is 12.8. The number of halogens is 2. The maximum atomic E-state index is 13.5. The van der Waals surface area contributed by atoms with Gasteiger partial charge in [0, 0.05) is 24.6 Å². The highest BCUT2D eigenvalue weighted by Crippen LogP contribution is 2.66. The summed E-state index contributed by atoms with van der Waals surface area (Å²) in [5.74, 6) is -0.576. The summed E-state index contributed by atoms with van der Waals surface area (Å²) in [7, 11) is 0. The number of carbonyl (C=O) groups is 1. The molecule has 0 unspecified atom stereocenters. The van der Waals surface area contributed by atoms with E-state index in [1.54, 1.807) is 6.07 Å². The van der Waals surface area contributed by atoms with Crippen LogP contribution in [0.2, 0.25) is 5.02 Å². The first-order chi connectivity index (χ1) is 17.2. The zero-order chi connectivity index (χ0) is 25.0. The monoisotopic (exact) mass is 512 g/mol. The molecule has 2 aromatic carbocycles. The average Bonchev–Trinajstić information content (AvgIpc) is 3.58. The number of phenolic OH excluding ortho intramolecular Hbond substituents is 1. The van der Waals surface area contributed by atoms with Crippen molar-refractivity contribution in [3.63, 3.8) is 0 Å². The lowest BCUT2D eigenvalue weighted by Gasteiger charge is -2.62. The SMILES string of the molecule is O=C(Nc1ccc(F)cc1Cl)C1=C(O)[C@@H]2Oc3c(O)ccc4c3[C@@]23CCN(CC2CC2)[C@H](C4)[C@]3(O)C1. The number of benzene rings is 2. The molecule has 2 aliphatic heterocycles. The molecule has 1 amide bonds. The molecule has 1 saturated heterocycles. The molecule has 9 heteroatoms. The van der Waals surface area contributed by atoms with Crippen molar-refractivity contribution in [3.8, 4) is 11.5 Å². The van der Waals surface area contributed by atoms with Crippen LogP contribution in [0.1, 0.15) is 36.8 Å². The van der Waals surface area contributed by atoms with Crippen LogP contribution in [-0.4, -0.2) is 57.0 Å². The van der Waals surface area contributed by atoms with E-state index >= 15 is 0 Å². The van der Waals surface area contributed by atoms with Gasteiger partial charge in [-0.2, -0.15) is 0 Å². The highest BCUT2D eigenvalue weighted by atomic mass is 35.5. The van der Waals surface area contributed by atoms with Crippen LogP contribution in [0.5, 0.6) is 11.5 Å². The molecule has 5 aliphatic rings. The molecule has 2 aromatic rings. The molecule has 2 heterocycles. The lowest BCUT2D eigenvalue weighted by molar-refractivity contribution is -0.172. The van der Waals surface area contributed by atoms with E-state index in [0.717, 1.165) is 30.3 Å². The van der Waals surface area contributed by atoms with E-state index in [0.29, 0.717) is 18.8 Å². The predicted molar refractivity (Wildman–Crippen MR) is 130 cm³/mol. The third-order valence-electron chi connectivity index (χ3n) is 8.97. The Kier molecular flexibility index (Phi) is 4.58. The number of aliphatic hydroxyl groups is 2. The second-order valence-corrected chi connectivity index (χ2v) is 11.3. The summed E-state index contributed by atoms with van der Waals surface area (Å²) in [5, 5.41) is 37.4. The van der Waals surface area contributed by atoms with E-state index in [1.165, 1.54) is 25.0 Å². The molecule has 1 saturated carbocycles. The first kappa shape index (κ1) is 22.4. The fourth-order valence-corrected chi connectivity index (χ4v) is 7.37. The van der Waals surface area contributed by atoms with Crippen molar-refractivity contribution >= 4 is 23.2 Å². The number of hydrogen-bond acceptors (Lipinski definition) is 6. The minimum atomic E-state index is -1.40. The van der Waals surface area contributed by atoms with Crippen LogP contribution < -0.4 is 10.1 Å². The molecular formula is C27H26ClFN2O5. The standard InChI is InChI=1S/C27H26ClFN2O5/c28-17-10-15(29)4-5-18(17)30-25(34)16-11-27(35)20-9-14-3-6-19(32)23-21(14)26(27,24(36-23)22(16)33)7-8-31(20)12-13-1-2-13/h3-6,10,13,20,24,32-33,35H,1-2,7-9,11-12H2,(H,30,34)/t20-,24+,26+,27-/m1/s1. The van der Waals surface area contributed by atoms with Crippen LogP contribution in [-0.2, 0) is 16.6 Å². The number of carbonyl (C=O) groups excluding carboxylic acids is 1. The largest absolute Gasteiger partial charge is 0.508 e. The lowest BCUT2D eigenvalue weighted by atomic mass is 9.49. The Hall–Kier alpha value is -2.81. The molecular weight excluding hydrogens is 487 g/mol. The van der Waals surface area contributed by atoms with E-state index in [1.807, 2.05) is 6.07 Å². The number of amides is 1. The van der Waals surface area contributed by atoms with Gasteiger partial charge in [-0.05, 0) is 68.0 Å². The van der Waals surface area contributed by atoms with Crippen LogP contribution in [0.4, 0.5) is 10.1 Å². The lowest BCUT2D eigenvalue weighted by Crippen LogP contribution is -2.75. The zero-order valence-corrected chi connectivity index (χ0v) is 20.2. The number of nitrogens with one attached hydrogen (secondary N) is 1. The Labute approximate surface area is 212 Å². The van der Waals surface area contributed by atoms with Crippen LogP contribution in [0.3, 0.4) is 0 Å². The molecule has 4 N–H and O–H groups in total. The summed E-state index contributed by atoms with van der Waals surface area (Å²) >= 11 is 6.12. The van der Waals surface area contributed by atoms with E-state index < -0.39 is 28.8 Å². The zero-order valence-electron chi connectivity index (χ0n) is 19.4. The topological polar surface area (TPSA) is 102 Å². The predicted octanol–water partition coefficient (Wildman–Crippen LogP) is 3.81. The van der Waals surface area contributed by atoms with Gasteiger partial charge in [-0.25, -0.2) is 4.39 Å². The minimum absolute atomic E-state index is 0.00698. The van der Waals surface area contributed by atoms with Crippen LogP contribution >= 0.6 is 11.6 Å². The van der Waals surface area contributed by atoms with Gasteiger partial charge in [0.1, 0.15) is 11.6 Å². The van der Waals surface area contributed by atoms with Crippen molar-refractivity contribution in [1.29, 1.82) is 0 Å². The van der Waals surface area contributed by atoms with Crippen molar-refractivity contribution in [2.24, 2.45) is 5.92 Å².